The zero-order valence-electron chi connectivity index (χ0n) is 19.4. The summed E-state index contributed by atoms with van der Waals surface area (Å²) in [5, 5.41) is 62.1. The number of aliphatic carboxylic acids is 1. The molecule has 0 bridgehead atoms. The molecule has 3 aliphatic carbocycles. The Bertz CT molecular complexity index is 928. The molecule has 0 spiro atoms. The number of hydrogen-bond donors (Lipinski definition) is 5. The second kappa shape index (κ2) is 9.61. The Morgan fingerprint density at radius 3 is 2.56 bits per heavy atom. The van der Waals surface area contributed by atoms with Crippen molar-refractivity contribution in [3.8, 4) is 5.75 Å². The van der Waals surface area contributed by atoms with Crippen molar-refractivity contribution in [2.45, 2.75) is 87.9 Å². The van der Waals surface area contributed by atoms with Crippen LogP contribution < -0.4 is 39.4 Å². The number of carboxylic acids is 1. The van der Waals surface area contributed by atoms with Crippen molar-refractivity contribution in [2.24, 2.45) is 17.3 Å². The summed E-state index contributed by atoms with van der Waals surface area (Å²) in [6.45, 7) is 2.10. The number of fused-ring (bicyclic) bond motifs is 5. The molecule has 10 heteroatoms. The summed E-state index contributed by atoms with van der Waals surface area (Å²) in [6.07, 6.45) is -5.72. The third-order valence-electron chi connectivity index (χ3n) is 8.73. The SMILES string of the molecule is CC12CCC3c4ccc(OC5OC(C(=O)[O-])C(O)C(O)C5O)cc4CCC3C1CC(O)C2O.[Na+]. The molecule has 1 aliphatic heterocycles. The molecule has 0 aromatic heterocycles. The number of hydrogen-bond acceptors (Lipinski definition) is 9. The number of aryl methyl sites for hydroxylation is 1. The van der Waals surface area contributed by atoms with Gasteiger partial charge in [-0.05, 0) is 78.5 Å². The van der Waals surface area contributed by atoms with Gasteiger partial charge in [-0.25, -0.2) is 0 Å². The van der Waals surface area contributed by atoms with Crippen LogP contribution in [0.1, 0.15) is 49.7 Å². The Morgan fingerprint density at radius 1 is 1.12 bits per heavy atom. The molecule has 2 saturated carbocycles. The summed E-state index contributed by atoms with van der Waals surface area (Å²) in [5.74, 6) is -0.354. The fourth-order valence-electron chi connectivity index (χ4n) is 6.89. The van der Waals surface area contributed by atoms with E-state index in [4.69, 9.17) is 9.47 Å². The van der Waals surface area contributed by atoms with Crippen LogP contribution >= 0.6 is 0 Å². The van der Waals surface area contributed by atoms with Gasteiger partial charge in [-0.2, -0.15) is 0 Å². The van der Waals surface area contributed by atoms with Crippen LogP contribution in [0.25, 0.3) is 0 Å². The molecule has 0 amide bonds. The fraction of sp³-hybridized carbons (Fsp3) is 0.708. The molecule has 0 radical (unpaired) electrons. The zero-order chi connectivity index (χ0) is 23.7. The van der Waals surface area contributed by atoms with Crippen LogP contribution in [0.3, 0.4) is 0 Å². The first-order valence-electron chi connectivity index (χ1n) is 11.7. The minimum atomic E-state index is -1.82. The summed E-state index contributed by atoms with van der Waals surface area (Å²) < 4.78 is 10.8. The smallest absolute Gasteiger partial charge is 0.547 e. The first kappa shape index (κ1) is 26.3. The maximum Gasteiger partial charge on any atom is 1.00 e. The van der Waals surface area contributed by atoms with Gasteiger partial charge in [-0.1, -0.05) is 13.0 Å². The minimum absolute atomic E-state index is 0. The standard InChI is InChI=1S/C24H32O9.Na/c1-24-7-6-13-12-5-3-11(32-23-19(28)17(26)18(27)20(33-23)22(30)31)8-10(12)2-4-14(13)15(24)9-16(25)21(24)29;/h3,5,8,13-21,23,25-29H,2,4,6-7,9H2,1H3,(H,30,31);/q;+1/p-1. The van der Waals surface area contributed by atoms with Crippen molar-refractivity contribution in [3.05, 3.63) is 29.3 Å². The quantitative estimate of drug-likeness (QED) is 0.267. The molecule has 9 nitrogen and oxygen atoms in total. The van der Waals surface area contributed by atoms with E-state index in [-0.39, 0.29) is 40.9 Å². The molecular weight excluding hydrogens is 455 g/mol. The monoisotopic (exact) mass is 486 g/mol. The first-order valence-corrected chi connectivity index (χ1v) is 11.7. The van der Waals surface area contributed by atoms with Gasteiger partial charge >= 0.3 is 29.6 Å². The molecule has 5 rings (SSSR count). The molecule has 182 valence electrons. The van der Waals surface area contributed by atoms with E-state index in [1.165, 1.54) is 5.56 Å². The molecule has 1 heterocycles. The van der Waals surface area contributed by atoms with Crippen molar-refractivity contribution >= 4 is 5.97 Å². The predicted molar refractivity (Wildman–Crippen MR) is 111 cm³/mol. The van der Waals surface area contributed by atoms with E-state index in [0.717, 1.165) is 31.2 Å². The molecule has 1 saturated heterocycles. The van der Waals surface area contributed by atoms with Crippen molar-refractivity contribution in [1.82, 2.24) is 0 Å². The van der Waals surface area contributed by atoms with Crippen molar-refractivity contribution in [3.63, 3.8) is 0 Å². The largest absolute Gasteiger partial charge is 1.00 e. The predicted octanol–water partition coefficient (Wildman–Crippen LogP) is -4.19. The van der Waals surface area contributed by atoms with Gasteiger partial charge in [0, 0.05) is 0 Å². The van der Waals surface area contributed by atoms with Gasteiger partial charge in [0.25, 0.3) is 0 Å². The summed E-state index contributed by atoms with van der Waals surface area (Å²) in [7, 11) is 0. The van der Waals surface area contributed by atoms with Crippen LogP contribution in [0, 0.1) is 17.3 Å². The molecule has 3 fully saturated rings. The van der Waals surface area contributed by atoms with E-state index in [1.54, 1.807) is 6.07 Å². The molecule has 11 atom stereocenters. The van der Waals surface area contributed by atoms with Crippen LogP contribution in [-0.4, -0.2) is 74.4 Å². The Morgan fingerprint density at radius 2 is 1.85 bits per heavy atom. The second-order valence-electron chi connectivity index (χ2n) is 10.4. The molecule has 11 unspecified atom stereocenters. The van der Waals surface area contributed by atoms with E-state index in [9.17, 15) is 35.4 Å². The van der Waals surface area contributed by atoms with Gasteiger partial charge < -0.3 is 44.9 Å². The van der Waals surface area contributed by atoms with E-state index < -0.39 is 48.9 Å². The van der Waals surface area contributed by atoms with Crippen LogP contribution in [0.15, 0.2) is 18.2 Å². The van der Waals surface area contributed by atoms with E-state index >= 15 is 0 Å². The summed E-state index contributed by atoms with van der Waals surface area (Å²) in [6, 6.07) is 5.55. The number of carbonyl (C=O) groups is 1. The van der Waals surface area contributed by atoms with Gasteiger partial charge in [-0.15, -0.1) is 0 Å². The van der Waals surface area contributed by atoms with Crippen molar-refractivity contribution < 1.29 is 74.5 Å². The third kappa shape index (κ3) is 4.13. The number of aliphatic hydroxyl groups is 5. The summed E-state index contributed by atoms with van der Waals surface area (Å²) in [4.78, 5) is 11.2. The fourth-order valence-corrected chi connectivity index (χ4v) is 6.89. The second-order valence-corrected chi connectivity index (χ2v) is 10.4. The number of carbonyl (C=O) groups excluding carboxylic acids is 1. The molecule has 1 aromatic rings. The normalized spacial score (nSPS) is 45.4. The average Bonchev–Trinajstić information content (AvgIpc) is 3.02. The Balaban J connectivity index is 0.00000274. The van der Waals surface area contributed by atoms with Crippen LogP contribution in [0.4, 0.5) is 0 Å². The Labute approximate surface area is 220 Å². The summed E-state index contributed by atoms with van der Waals surface area (Å²) >= 11 is 0. The first-order chi connectivity index (χ1) is 15.6. The van der Waals surface area contributed by atoms with Gasteiger partial charge in [0.2, 0.25) is 6.29 Å². The molecule has 4 aliphatic rings. The number of rotatable bonds is 3. The third-order valence-corrected chi connectivity index (χ3v) is 8.73. The van der Waals surface area contributed by atoms with Crippen LogP contribution in [-0.2, 0) is 16.0 Å². The van der Waals surface area contributed by atoms with Gasteiger partial charge in [0.1, 0.15) is 30.2 Å². The average molecular weight is 486 g/mol. The minimum Gasteiger partial charge on any atom is -0.547 e. The van der Waals surface area contributed by atoms with Crippen LogP contribution in [0.2, 0.25) is 0 Å². The van der Waals surface area contributed by atoms with Gasteiger partial charge in [0.05, 0.1) is 18.2 Å². The molecule has 5 N–H and O–H groups in total. The van der Waals surface area contributed by atoms with E-state index in [0.29, 0.717) is 24.0 Å². The number of carboxylic acid groups (broad SMARTS) is 1. The topological polar surface area (TPSA) is 160 Å². The maximum atomic E-state index is 11.2. The van der Waals surface area contributed by atoms with Crippen molar-refractivity contribution in [1.29, 1.82) is 0 Å². The van der Waals surface area contributed by atoms with Gasteiger partial charge in [-0.3, -0.25) is 0 Å². The van der Waals surface area contributed by atoms with Gasteiger partial charge in [0.15, 0.2) is 0 Å². The number of benzene rings is 1. The van der Waals surface area contributed by atoms with E-state index in [2.05, 4.69) is 6.92 Å². The number of ether oxygens (including phenoxy) is 2. The van der Waals surface area contributed by atoms with E-state index in [1.807, 2.05) is 12.1 Å². The maximum absolute atomic E-state index is 11.2. The number of aliphatic hydroxyl groups excluding tert-OH is 5. The molecule has 1 aromatic carbocycles. The van der Waals surface area contributed by atoms with Crippen LogP contribution in [0.5, 0.6) is 5.75 Å². The van der Waals surface area contributed by atoms with Crippen molar-refractivity contribution in [2.75, 3.05) is 0 Å². The molecule has 34 heavy (non-hydrogen) atoms. The molecular formula is C24H31NaO9. The zero-order valence-corrected chi connectivity index (χ0v) is 21.4. The Hall–Kier alpha value is -0.750. The Kier molecular flexibility index (Phi) is 7.44. The summed E-state index contributed by atoms with van der Waals surface area (Å²) in [5.41, 5.74) is 2.06.